The molecule has 1 aliphatic rings. The number of ether oxygens (including phenoxy) is 2. The van der Waals surface area contributed by atoms with Gasteiger partial charge in [-0.2, -0.15) is 0 Å². The number of hydrogen-bond acceptors (Lipinski definition) is 4. The number of aromatic nitrogens is 2. The first-order chi connectivity index (χ1) is 13.4. The van der Waals surface area contributed by atoms with Gasteiger partial charge in [0, 0.05) is 46.0 Å². The zero-order chi connectivity index (χ0) is 20.3. The molecule has 1 amide bonds. The summed E-state index contributed by atoms with van der Waals surface area (Å²) >= 11 is 0. The normalized spacial score (nSPS) is 18.2. The van der Waals surface area contributed by atoms with Crippen molar-refractivity contribution in [1.29, 1.82) is 0 Å². The van der Waals surface area contributed by atoms with Crippen LogP contribution in [-0.4, -0.2) is 42.3 Å². The van der Waals surface area contributed by atoms with E-state index in [1.165, 1.54) is 6.42 Å². The van der Waals surface area contributed by atoms with E-state index in [4.69, 9.17) is 14.5 Å². The number of imidazole rings is 1. The lowest BCUT2D eigenvalue weighted by molar-refractivity contribution is -0.116. The average molecular weight is 388 g/mol. The van der Waals surface area contributed by atoms with Crippen LogP contribution in [0.2, 0.25) is 0 Å². The van der Waals surface area contributed by atoms with Crippen LogP contribution in [0.5, 0.6) is 0 Å². The summed E-state index contributed by atoms with van der Waals surface area (Å²) in [6.45, 7) is 10.9. The van der Waals surface area contributed by atoms with Crippen LogP contribution in [0, 0.1) is 5.92 Å². The summed E-state index contributed by atoms with van der Waals surface area (Å²) < 4.78 is 13.7. The monoisotopic (exact) mass is 387 g/mol. The highest BCUT2D eigenvalue weighted by Crippen LogP contribution is 2.32. The van der Waals surface area contributed by atoms with E-state index in [0.717, 1.165) is 55.1 Å². The minimum Gasteiger partial charge on any atom is -0.381 e. The zero-order valence-electron chi connectivity index (χ0n) is 17.8. The predicted octanol–water partition coefficient (Wildman–Crippen LogP) is 4.11. The van der Waals surface area contributed by atoms with Gasteiger partial charge >= 0.3 is 0 Å². The average Bonchev–Trinajstić information content (AvgIpc) is 2.84. The number of hydrogen-bond donors (Lipinski definition) is 0. The second-order valence-electron chi connectivity index (χ2n) is 8.11. The van der Waals surface area contributed by atoms with Crippen LogP contribution in [0.25, 0.3) is 11.0 Å². The third kappa shape index (κ3) is 4.23. The molecule has 3 rings (SSSR count). The van der Waals surface area contributed by atoms with E-state index in [2.05, 4.69) is 24.5 Å². The number of carbonyl (C=O) groups excluding carboxylic acids is 1. The maximum absolute atomic E-state index is 12.0. The SMILES string of the molecule is CCN(C(C)=O)c1ccc2c(c1)nc(C(C)(C)OC)n2CC1CCCOCC1. The first-order valence-corrected chi connectivity index (χ1v) is 10.3. The molecule has 2 heterocycles. The predicted molar refractivity (Wildman–Crippen MR) is 112 cm³/mol. The summed E-state index contributed by atoms with van der Waals surface area (Å²) in [6, 6.07) is 6.12. The Morgan fingerprint density at radius 3 is 2.82 bits per heavy atom. The lowest BCUT2D eigenvalue weighted by atomic mass is 10.00. The fraction of sp³-hybridized carbons (Fsp3) is 0.636. The van der Waals surface area contributed by atoms with Crippen LogP contribution in [0.3, 0.4) is 0 Å². The van der Waals surface area contributed by atoms with Crippen LogP contribution in [0.4, 0.5) is 5.69 Å². The molecule has 0 N–H and O–H groups in total. The molecule has 1 aromatic heterocycles. The van der Waals surface area contributed by atoms with E-state index in [-0.39, 0.29) is 5.91 Å². The van der Waals surface area contributed by atoms with Gasteiger partial charge in [-0.15, -0.1) is 0 Å². The Bertz CT molecular complexity index is 820. The molecular formula is C22H33N3O3. The maximum Gasteiger partial charge on any atom is 0.223 e. The Kier molecular flexibility index (Phi) is 6.40. The Hall–Kier alpha value is -1.92. The molecule has 0 bridgehead atoms. The molecule has 6 nitrogen and oxygen atoms in total. The van der Waals surface area contributed by atoms with Crippen LogP contribution >= 0.6 is 0 Å². The van der Waals surface area contributed by atoms with E-state index >= 15 is 0 Å². The van der Waals surface area contributed by atoms with Crippen LogP contribution < -0.4 is 4.90 Å². The molecule has 1 fully saturated rings. The number of methoxy groups -OCH3 is 1. The van der Waals surface area contributed by atoms with Crippen molar-refractivity contribution in [3.8, 4) is 0 Å². The van der Waals surface area contributed by atoms with Crippen LogP contribution in [0.15, 0.2) is 18.2 Å². The highest BCUT2D eigenvalue weighted by Gasteiger charge is 2.29. The van der Waals surface area contributed by atoms with Gasteiger partial charge < -0.3 is 18.9 Å². The fourth-order valence-corrected chi connectivity index (χ4v) is 4.02. The lowest BCUT2D eigenvalue weighted by Crippen LogP contribution is -2.27. The Morgan fingerprint density at radius 2 is 2.14 bits per heavy atom. The Labute approximate surface area is 167 Å². The number of benzene rings is 1. The van der Waals surface area contributed by atoms with Gasteiger partial charge in [-0.25, -0.2) is 4.98 Å². The summed E-state index contributed by atoms with van der Waals surface area (Å²) in [7, 11) is 1.73. The zero-order valence-corrected chi connectivity index (χ0v) is 17.8. The van der Waals surface area contributed by atoms with Crippen LogP contribution in [0.1, 0.15) is 52.8 Å². The van der Waals surface area contributed by atoms with E-state index in [1.54, 1.807) is 18.9 Å². The molecule has 1 unspecified atom stereocenters. The number of anilines is 1. The van der Waals surface area contributed by atoms with Gasteiger partial charge in [0.1, 0.15) is 11.4 Å². The molecule has 1 atom stereocenters. The highest BCUT2D eigenvalue weighted by atomic mass is 16.5. The van der Waals surface area contributed by atoms with Crippen molar-refractivity contribution in [2.75, 3.05) is 31.8 Å². The van der Waals surface area contributed by atoms with E-state index in [0.29, 0.717) is 12.5 Å². The van der Waals surface area contributed by atoms with Gasteiger partial charge in [-0.1, -0.05) is 0 Å². The summed E-state index contributed by atoms with van der Waals surface area (Å²) in [6.07, 6.45) is 3.34. The minimum absolute atomic E-state index is 0.0391. The number of amides is 1. The van der Waals surface area contributed by atoms with Gasteiger partial charge in [0.25, 0.3) is 0 Å². The molecule has 154 valence electrons. The standard InChI is InChI=1S/C22H33N3O3/c1-6-24(16(2)26)18-9-10-20-19(14-18)23-21(22(3,4)27-5)25(20)15-17-8-7-12-28-13-11-17/h9-10,14,17H,6-8,11-13,15H2,1-5H3. The minimum atomic E-state index is -0.495. The van der Waals surface area contributed by atoms with Crippen molar-refractivity contribution >= 4 is 22.6 Å². The lowest BCUT2D eigenvalue weighted by Gasteiger charge is -2.25. The summed E-state index contributed by atoms with van der Waals surface area (Å²) in [5.41, 5.74) is 2.39. The van der Waals surface area contributed by atoms with Crippen molar-refractivity contribution in [3.05, 3.63) is 24.0 Å². The first-order valence-electron chi connectivity index (χ1n) is 10.3. The van der Waals surface area contributed by atoms with E-state index in [9.17, 15) is 4.79 Å². The first kappa shape index (κ1) is 20.8. The van der Waals surface area contributed by atoms with Gasteiger partial charge in [-0.3, -0.25) is 4.79 Å². The molecule has 1 aliphatic heterocycles. The van der Waals surface area contributed by atoms with E-state index < -0.39 is 5.60 Å². The maximum atomic E-state index is 12.0. The third-order valence-electron chi connectivity index (χ3n) is 5.80. The quantitative estimate of drug-likeness (QED) is 0.749. The van der Waals surface area contributed by atoms with Crippen molar-refractivity contribution in [1.82, 2.24) is 9.55 Å². The Morgan fingerprint density at radius 1 is 1.36 bits per heavy atom. The molecule has 1 aromatic carbocycles. The number of carbonyl (C=O) groups is 1. The molecular weight excluding hydrogens is 354 g/mol. The molecule has 0 saturated carbocycles. The molecule has 28 heavy (non-hydrogen) atoms. The smallest absolute Gasteiger partial charge is 0.223 e. The summed E-state index contributed by atoms with van der Waals surface area (Å²) in [4.78, 5) is 18.7. The van der Waals surface area contributed by atoms with Crippen molar-refractivity contribution in [3.63, 3.8) is 0 Å². The third-order valence-corrected chi connectivity index (χ3v) is 5.80. The highest BCUT2D eigenvalue weighted by molar-refractivity contribution is 5.93. The van der Waals surface area contributed by atoms with Crippen LogP contribution in [-0.2, 0) is 26.4 Å². The van der Waals surface area contributed by atoms with Gasteiger partial charge in [0.2, 0.25) is 5.91 Å². The summed E-state index contributed by atoms with van der Waals surface area (Å²) in [5.74, 6) is 1.53. The second kappa shape index (κ2) is 8.62. The molecule has 2 aromatic rings. The topological polar surface area (TPSA) is 56.6 Å². The van der Waals surface area contributed by atoms with Crippen molar-refractivity contribution < 1.29 is 14.3 Å². The molecule has 1 saturated heterocycles. The number of rotatable bonds is 6. The second-order valence-corrected chi connectivity index (χ2v) is 8.11. The molecule has 0 aliphatic carbocycles. The number of fused-ring (bicyclic) bond motifs is 1. The summed E-state index contributed by atoms with van der Waals surface area (Å²) in [5, 5.41) is 0. The Balaban J connectivity index is 2.05. The largest absolute Gasteiger partial charge is 0.381 e. The van der Waals surface area contributed by atoms with Gasteiger partial charge in [0.05, 0.1) is 11.0 Å². The number of nitrogens with zero attached hydrogens (tertiary/aromatic N) is 3. The molecule has 6 heteroatoms. The fourth-order valence-electron chi connectivity index (χ4n) is 4.02. The molecule has 0 radical (unpaired) electrons. The molecule has 0 spiro atoms. The van der Waals surface area contributed by atoms with Crippen molar-refractivity contribution in [2.45, 2.75) is 59.1 Å². The van der Waals surface area contributed by atoms with Gasteiger partial charge in [0.15, 0.2) is 0 Å². The van der Waals surface area contributed by atoms with Gasteiger partial charge in [-0.05, 0) is 64.2 Å². The van der Waals surface area contributed by atoms with E-state index in [1.807, 2.05) is 19.1 Å². The van der Waals surface area contributed by atoms with Crippen molar-refractivity contribution in [2.24, 2.45) is 5.92 Å².